The van der Waals surface area contributed by atoms with E-state index in [2.05, 4.69) is 45.4 Å². The fourth-order valence-electron chi connectivity index (χ4n) is 1.64. The van der Waals surface area contributed by atoms with Gasteiger partial charge in [-0.25, -0.2) is 9.07 Å². The highest BCUT2D eigenvalue weighted by molar-refractivity contribution is 9.10. The summed E-state index contributed by atoms with van der Waals surface area (Å²) in [7, 11) is 0. The van der Waals surface area contributed by atoms with Crippen molar-refractivity contribution in [3.05, 3.63) is 45.9 Å². The van der Waals surface area contributed by atoms with E-state index in [1.807, 2.05) is 6.20 Å². The predicted molar refractivity (Wildman–Crippen MR) is 75.2 cm³/mol. The van der Waals surface area contributed by atoms with E-state index in [1.54, 1.807) is 16.8 Å². The first-order valence-electron chi connectivity index (χ1n) is 6.11. The Morgan fingerprint density at radius 2 is 2.21 bits per heavy atom. The quantitative estimate of drug-likeness (QED) is 0.918. The first-order valence-corrected chi connectivity index (χ1v) is 6.90. The Morgan fingerprint density at radius 3 is 2.95 bits per heavy atom. The molecule has 2 aromatic rings. The lowest BCUT2D eigenvalue weighted by atomic mass is 10.2. The van der Waals surface area contributed by atoms with E-state index in [0.717, 1.165) is 10.2 Å². The van der Waals surface area contributed by atoms with Crippen molar-refractivity contribution in [3.63, 3.8) is 0 Å². The van der Waals surface area contributed by atoms with Gasteiger partial charge in [-0.15, -0.1) is 5.10 Å². The van der Waals surface area contributed by atoms with Crippen molar-refractivity contribution in [1.82, 2.24) is 20.3 Å². The van der Waals surface area contributed by atoms with Gasteiger partial charge in [0, 0.05) is 22.6 Å². The molecule has 1 N–H and O–H groups in total. The zero-order chi connectivity index (χ0) is 13.8. The molecule has 1 aromatic heterocycles. The third kappa shape index (κ3) is 4.11. The van der Waals surface area contributed by atoms with Gasteiger partial charge < -0.3 is 5.32 Å². The highest BCUT2D eigenvalue weighted by Gasteiger charge is 2.06. The highest BCUT2D eigenvalue weighted by atomic mass is 79.9. The fourth-order valence-corrected chi connectivity index (χ4v) is 2.05. The van der Waals surface area contributed by atoms with Gasteiger partial charge in [-0.1, -0.05) is 35.0 Å². The number of aromatic nitrogens is 3. The van der Waals surface area contributed by atoms with Crippen LogP contribution in [0, 0.1) is 5.82 Å². The largest absolute Gasteiger partial charge is 0.309 e. The zero-order valence-electron chi connectivity index (χ0n) is 10.9. The molecule has 0 unspecified atom stereocenters. The Balaban J connectivity index is 2.05. The zero-order valence-corrected chi connectivity index (χ0v) is 12.5. The summed E-state index contributed by atoms with van der Waals surface area (Å²) in [4.78, 5) is 0. The summed E-state index contributed by atoms with van der Waals surface area (Å²) in [6.07, 6.45) is 1.83. The number of nitrogens with zero attached hydrogens (tertiary/aromatic N) is 3. The number of hydrogen-bond acceptors (Lipinski definition) is 3. The van der Waals surface area contributed by atoms with E-state index >= 15 is 0 Å². The molecule has 0 atom stereocenters. The van der Waals surface area contributed by atoms with Gasteiger partial charge in [-0.2, -0.15) is 0 Å². The molecular formula is C13H16BrFN4. The third-order valence-electron chi connectivity index (χ3n) is 2.62. The molecule has 6 heteroatoms. The minimum absolute atomic E-state index is 0.236. The Hall–Kier alpha value is -1.27. The van der Waals surface area contributed by atoms with Crippen LogP contribution in [-0.2, 0) is 13.1 Å². The monoisotopic (exact) mass is 326 g/mol. The van der Waals surface area contributed by atoms with Crippen molar-refractivity contribution < 1.29 is 4.39 Å². The second-order valence-electron chi connectivity index (χ2n) is 4.68. The number of benzene rings is 1. The number of hydrogen-bond donors (Lipinski definition) is 1. The summed E-state index contributed by atoms with van der Waals surface area (Å²) < 4.78 is 16.1. The molecule has 0 spiro atoms. The predicted octanol–water partition coefficient (Wildman–Crippen LogP) is 2.73. The van der Waals surface area contributed by atoms with Crippen molar-refractivity contribution >= 4 is 15.9 Å². The van der Waals surface area contributed by atoms with E-state index in [4.69, 9.17) is 0 Å². The highest BCUT2D eigenvalue weighted by Crippen LogP contribution is 2.16. The van der Waals surface area contributed by atoms with Crippen molar-refractivity contribution in [1.29, 1.82) is 0 Å². The van der Waals surface area contributed by atoms with Crippen LogP contribution in [0.2, 0.25) is 0 Å². The van der Waals surface area contributed by atoms with Crippen molar-refractivity contribution in [2.24, 2.45) is 0 Å². The lowest BCUT2D eigenvalue weighted by Gasteiger charge is -2.04. The van der Waals surface area contributed by atoms with E-state index in [9.17, 15) is 4.39 Å². The molecule has 0 radical (unpaired) electrons. The number of halogens is 2. The number of rotatable bonds is 5. The molecule has 0 aliphatic heterocycles. The van der Waals surface area contributed by atoms with Crippen LogP contribution in [0.1, 0.15) is 25.1 Å². The van der Waals surface area contributed by atoms with E-state index in [1.165, 1.54) is 6.07 Å². The summed E-state index contributed by atoms with van der Waals surface area (Å²) >= 11 is 3.33. The first-order chi connectivity index (χ1) is 9.04. The van der Waals surface area contributed by atoms with Gasteiger partial charge in [0.15, 0.2) is 0 Å². The van der Waals surface area contributed by atoms with Crippen LogP contribution >= 0.6 is 15.9 Å². The maximum absolute atomic E-state index is 13.6. The van der Waals surface area contributed by atoms with Gasteiger partial charge in [-0.05, 0) is 18.2 Å². The molecule has 0 amide bonds. The molecule has 0 saturated carbocycles. The molecular weight excluding hydrogens is 311 g/mol. The molecule has 1 heterocycles. The van der Waals surface area contributed by atoms with Crippen LogP contribution in [0.4, 0.5) is 4.39 Å². The lowest BCUT2D eigenvalue weighted by molar-refractivity contribution is 0.575. The maximum atomic E-state index is 13.6. The molecule has 4 nitrogen and oxygen atoms in total. The molecule has 0 fully saturated rings. The van der Waals surface area contributed by atoms with Crippen LogP contribution in [0.15, 0.2) is 28.9 Å². The summed E-state index contributed by atoms with van der Waals surface area (Å²) in [6, 6.07) is 5.27. The molecule has 19 heavy (non-hydrogen) atoms. The van der Waals surface area contributed by atoms with Gasteiger partial charge >= 0.3 is 0 Å². The van der Waals surface area contributed by atoms with Crippen molar-refractivity contribution in [2.75, 3.05) is 0 Å². The SMILES string of the molecule is CC(C)NCc1cn(Cc2cc(Br)ccc2F)nn1. The Bertz CT molecular complexity index is 553. The summed E-state index contributed by atoms with van der Waals surface area (Å²) in [5, 5.41) is 11.3. The van der Waals surface area contributed by atoms with Gasteiger partial charge in [-0.3, -0.25) is 0 Å². The molecule has 0 saturated heterocycles. The summed E-state index contributed by atoms with van der Waals surface area (Å²) in [5.74, 6) is -0.236. The Kier molecular flexibility index (Phi) is 4.66. The lowest BCUT2D eigenvalue weighted by Crippen LogP contribution is -2.21. The topological polar surface area (TPSA) is 42.7 Å². The van der Waals surface area contributed by atoms with Gasteiger partial charge in [0.1, 0.15) is 5.82 Å². The van der Waals surface area contributed by atoms with E-state index in [0.29, 0.717) is 24.7 Å². The second kappa shape index (κ2) is 6.25. The van der Waals surface area contributed by atoms with Crippen molar-refractivity contribution in [2.45, 2.75) is 33.0 Å². The second-order valence-corrected chi connectivity index (χ2v) is 5.59. The average molecular weight is 327 g/mol. The van der Waals surface area contributed by atoms with Crippen LogP contribution in [0.25, 0.3) is 0 Å². The summed E-state index contributed by atoms with van der Waals surface area (Å²) in [5.41, 5.74) is 1.44. The molecule has 0 aliphatic rings. The first kappa shape index (κ1) is 14.1. The van der Waals surface area contributed by atoms with Crippen LogP contribution in [0.3, 0.4) is 0 Å². The Morgan fingerprint density at radius 1 is 1.42 bits per heavy atom. The maximum Gasteiger partial charge on any atom is 0.128 e. The van der Waals surface area contributed by atoms with Crippen LogP contribution in [-0.4, -0.2) is 21.0 Å². The number of nitrogens with one attached hydrogen (secondary N) is 1. The molecule has 102 valence electrons. The summed E-state index contributed by atoms with van der Waals surface area (Å²) in [6.45, 7) is 5.18. The van der Waals surface area contributed by atoms with Gasteiger partial charge in [0.05, 0.1) is 18.4 Å². The fraction of sp³-hybridized carbons (Fsp3) is 0.385. The molecule has 2 rings (SSSR count). The Labute approximate surface area is 120 Å². The minimum Gasteiger partial charge on any atom is -0.309 e. The molecule has 1 aromatic carbocycles. The average Bonchev–Trinajstić information content (AvgIpc) is 2.79. The molecule has 0 bridgehead atoms. The minimum atomic E-state index is -0.236. The standard InChI is InChI=1S/C13H16BrFN4/c1-9(2)16-6-12-8-19(18-17-12)7-10-5-11(14)3-4-13(10)15/h3-5,8-9,16H,6-7H2,1-2H3. The van der Waals surface area contributed by atoms with Gasteiger partial charge in [0.2, 0.25) is 0 Å². The van der Waals surface area contributed by atoms with Crippen LogP contribution < -0.4 is 5.32 Å². The van der Waals surface area contributed by atoms with Crippen LogP contribution in [0.5, 0.6) is 0 Å². The normalized spacial score (nSPS) is 11.2. The van der Waals surface area contributed by atoms with Crippen molar-refractivity contribution in [3.8, 4) is 0 Å². The van der Waals surface area contributed by atoms with E-state index in [-0.39, 0.29) is 5.82 Å². The van der Waals surface area contributed by atoms with E-state index < -0.39 is 0 Å². The third-order valence-corrected chi connectivity index (χ3v) is 3.11. The molecule has 0 aliphatic carbocycles. The van der Waals surface area contributed by atoms with Gasteiger partial charge in [0.25, 0.3) is 0 Å². The smallest absolute Gasteiger partial charge is 0.128 e.